The predicted molar refractivity (Wildman–Crippen MR) is 91.1 cm³/mol. The normalized spacial score (nSPS) is 10.8. The van der Waals surface area contributed by atoms with Crippen molar-refractivity contribution in [3.05, 3.63) is 54.1 Å². The molecule has 0 spiro atoms. The van der Waals surface area contributed by atoms with Gasteiger partial charge in [-0.3, -0.25) is 0 Å². The minimum Gasteiger partial charge on any atom is -0.492 e. The molecule has 0 atom stereocenters. The minimum absolute atomic E-state index is 0.513. The molecule has 5 nitrogen and oxygen atoms in total. The molecule has 0 saturated heterocycles. The van der Waals surface area contributed by atoms with Crippen LogP contribution >= 0.6 is 0 Å². The maximum atomic E-state index is 5.82. The van der Waals surface area contributed by atoms with E-state index in [4.69, 9.17) is 17.5 Å². The van der Waals surface area contributed by atoms with Crippen molar-refractivity contribution < 1.29 is 9.47 Å². The molecule has 0 aliphatic heterocycles. The highest BCUT2D eigenvalue weighted by molar-refractivity contribution is 6.11. The van der Waals surface area contributed by atoms with Gasteiger partial charge in [-0.1, -0.05) is 30.3 Å². The highest BCUT2D eigenvalue weighted by atomic mass is 16.5. The van der Waals surface area contributed by atoms with Crippen molar-refractivity contribution in [1.82, 2.24) is 15.0 Å². The van der Waals surface area contributed by atoms with Gasteiger partial charge < -0.3 is 19.4 Å². The van der Waals surface area contributed by atoms with Gasteiger partial charge in [-0.25, -0.2) is 0 Å². The van der Waals surface area contributed by atoms with Crippen molar-refractivity contribution in [2.24, 2.45) is 0 Å². The van der Waals surface area contributed by atoms with E-state index in [1.54, 1.807) is 7.11 Å². The fourth-order valence-corrected chi connectivity index (χ4v) is 2.40. The third-order valence-corrected chi connectivity index (χ3v) is 3.56. The molecule has 3 rings (SSSR count). The number of benzene rings is 2. The van der Waals surface area contributed by atoms with Gasteiger partial charge in [0.15, 0.2) is 0 Å². The van der Waals surface area contributed by atoms with Crippen LogP contribution in [0.4, 0.5) is 0 Å². The van der Waals surface area contributed by atoms with Crippen LogP contribution in [-0.4, -0.2) is 37.9 Å². The van der Waals surface area contributed by atoms with Gasteiger partial charge in [0.05, 0.1) is 18.0 Å². The SMILES string of the molecule is [B]n1nc(OC)c2ccc(OCCNCc3ccccc3)cc21. The molecule has 0 aliphatic rings. The van der Waals surface area contributed by atoms with Gasteiger partial charge in [0.1, 0.15) is 12.4 Å². The first-order chi connectivity index (χ1) is 11.3. The maximum Gasteiger partial charge on any atom is 0.265 e. The lowest BCUT2D eigenvalue weighted by atomic mass is 10.2. The highest BCUT2D eigenvalue weighted by Gasteiger charge is 2.09. The van der Waals surface area contributed by atoms with Gasteiger partial charge in [-0.2, -0.15) is 0 Å². The molecule has 0 amide bonds. The number of nitrogens with zero attached hydrogens (tertiary/aromatic N) is 2. The van der Waals surface area contributed by atoms with E-state index in [1.807, 2.05) is 36.4 Å². The van der Waals surface area contributed by atoms with Gasteiger partial charge in [-0.05, 0) is 17.7 Å². The van der Waals surface area contributed by atoms with Crippen molar-refractivity contribution in [3.8, 4) is 11.6 Å². The number of hydrogen-bond donors (Lipinski definition) is 1. The number of hydrogen-bond acceptors (Lipinski definition) is 4. The van der Waals surface area contributed by atoms with Gasteiger partial charge >= 0.3 is 0 Å². The lowest BCUT2D eigenvalue weighted by Gasteiger charge is -2.08. The zero-order valence-corrected chi connectivity index (χ0v) is 13.0. The van der Waals surface area contributed by atoms with Crippen LogP contribution < -0.4 is 14.8 Å². The Morgan fingerprint density at radius 3 is 2.78 bits per heavy atom. The maximum absolute atomic E-state index is 5.82. The number of nitrogens with one attached hydrogen (secondary N) is 1. The molecule has 0 aliphatic carbocycles. The van der Waals surface area contributed by atoms with E-state index < -0.39 is 0 Å². The monoisotopic (exact) mass is 307 g/mol. The summed E-state index contributed by atoms with van der Waals surface area (Å²) < 4.78 is 12.2. The van der Waals surface area contributed by atoms with Crippen LogP contribution in [0.25, 0.3) is 10.9 Å². The molecule has 1 N–H and O–H groups in total. The number of methoxy groups -OCH3 is 1. The number of aromatic nitrogens is 2. The average Bonchev–Trinajstić information content (AvgIpc) is 2.91. The Labute approximate surface area is 136 Å². The Balaban J connectivity index is 1.52. The molecule has 6 heteroatoms. The minimum atomic E-state index is 0.513. The molecule has 23 heavy (non-hydrogen) atoms. The molecular formula is C17H18BN3O2. The van der Waals surface area contributed by atoms with E-state index in [0.29, 0.717) is 12.5 Å². The van der Waals surface area contributed by atoms with Crippen LogP contribution in [0, 0.1) is 0 Å². The first-order valence-corrected chi connectivity index (χ1v) is 7.47. The third-order valence-electron chi connectivity index (χ3n) is 3.56. The third kappa shape index (κ3) is 3.66. The summed E-state index contributed by atoms with van der Waals surface area (Å²) in [6.07, 6.45) is 0. The van der Waals surface area contributed by atoms with Crippen LogP contribution in [-0.2, 0) is 6.54 Å². The summed E-state index contributed by atoms with van der Waals surface area (Å²) in [4.78, 5) is 0. The molecule has 116 valence electrons. The average molecular weight is 307 g/mol. The first-order valence-electron chi connectivity index (χ1n) is 7.47. The molecule has 2 radical (unpaired) electrons. The number of ether oxygens (including phenoxy) is 2. The number of fused-ring (bicyclic) bond motifs is 1. The van der Waals surface area contributed by atoms with Crippen LogP contribution in [0.1, 0.15) is 5.56 Å². The molecule has 1 heterocycles. The van der Waals surface area contributed by atoms with Gasteiger partial charge in [0, 0.05) is 19.2 Å². The summed E-state index contributed by atoms with van der Waals surface area (Å²) in [7, 11) is 7.39. The standard InChI is InChI=1S/C17H18BN3O2/c1-22-17-15-8-7-14(11-16(15)21(18)20-17)23-10-9-19-12-13-5-3-2-4-6-13/h2-8,11,19H,9-10,12H2,1H3. The lowest BCUT2D eigenvalue weighted by Crippen LogP contribution is -2.20. The van der Waals surface area contributed by atoms with Crippen molar-refractivity contribution in [2.45, 2.75) is 6.54 Å². The van der Waals surface area contributed by atoms with Crippen LogP contribution in [0.3, 0.4) is 0 Å². The summed E-state index contributed by atoms with van der Waals surface area (Å²) in [5.41, 5.74) is 2.03. The van der Waals surface area contributed by atoms with Crippen molar-refractivity contribution in [2.75, 3.05) is 20.3 Å². The Kier molecular flexibility index (Phi) is 4.83. The second-order valence-electron chi connectivity index (χ2n) is 5.14. The zero-order valence-electron chi connectivity index (χ0n) is 13.0. The largest absolute Gasteiger partial charge is 0.492 e. The highest BCUT2D eigenvalue weighted by Crippen LogP contribution is 2.27. The summed E-state index contributed by atoms with van der Waals surface area (Å²) in [5, 5.41) is 8.31. The zero-order chi connectivity index (χ0) is 16.1. The lowest BCUT2D eigenvalue weighted by molar-refractivity contribution is 0.314. The van der Waals surface area contributed by atoms with Crippen LogP contribution in [0.2, 0.25) is 0 Å². The fraction of sp³-hybridized carbons (Fsp3) is 0.235. The van der Waals surface area contributed by atoms with E-state index in [-0.39, 0.29) is 0 Å². The van der Waals surface area contributed by atoms with Gasteiger partial charge in [0.25, 0.3) is 7.98 Å². The summed E-state index contributed by atoms with van der Waals surface area (Å²) in [6.45, 7) is 2.17. The molecular weight excluding hydrogens is 289 g/mol. The Morgan fingerprint density at radius 1 is 1.17 bits per heavy atom. The summed E-state index contributed by atoms with van der Waals surface area (Å²) in [6, 6.07) is 15.9. The Hall–Kier alpha value is -2.47. The Morgan fingerprint density at radius 2 is 2.00 bits per heavy atom. The fourth-order valence-electron chi connectivity index (χ4n) is 2.40. The molecule has 0 unspecified atom stereocenters. The summed E-state index contributed by atoms with van der Waals surface area (Å²) >= 11 is 0. The molecule has 0 bridgehead atoms. The van der Waals surface area contributed by atoms with Crippen molar-refractivity contribution >= 4 is 18.9 Å². The van der Waals surface area contributed by atoms with Gasteiger partial charge in [0.2, 0.25) is 5.88 Å². The predicted octanol–water partition coefficient (Wildman–Crippen LogP) is 2.15. The second kappa shape index (κ2) is 7.20. The quantitative estimate of drug-likeness (QED) is 0.537. The number of rotatable bonds is 7. The Bertz CT molecular complexity index is 774. The summed E-state index contributed by atoms with van der Waals surface area (Å²) in [5.74, 6) is 1.27. The molecule has 0 saturated carbocycles. The van der Waals surface area contributed by atoms with E-state index >= 15 is 0 Å². The van der Waals surface area contributed by atoms with E-state index in [0.717, 1.165) is 29.7 Å². The molecule has 0 fully saturated rings. The van der Waals surface area contributed by atoms with Gasteiger partial charge in [-0.15, -0.1) is 5.10 Å². The smallest absolute Gasteiger partial charge is 0.265 e. The second-order valence-corrected chi connectivity index (χ2v) is 5.14. The van der Waals surface area contributed by atoms with E-state index in [2.05, 4.69) is 22.5 Å². The molecule has 3 aromatic rings. The first kappa shape index (κ1) is 15.4. The van der Waals surface area contributed by atoms with Crippen molar-refractivity contribution in [3.63, 3.8) is 0 Å². The van der Waals surface area contributed by atoms with Crippen molar-refractivity contribution in [1.29, 1.82) is 0 Å². The van der Waals surface area contributed by atoms with E-state index in [9.17, 15) is 0 Å². The van der Waals surface area contributed by atoms with Crippen LogP contribution in [0.5, 0.6) is 11.6 Å². The molecule has 2 aromatic carbocycles. The molecule has 1 aromatic heterocycles. The topological polar surface area (TPSA) is 48.3 Å². The van der Waals surface area contributed by atoms with Crippen LogP contribution in [0.15, 0.2) is 48.5 Å². The van der Waals surface area contributed by atoms with E-state index in [1.165, 1.54) is 10.2 Å².